The molecule has 1 aliphatic carbocycles. The molecule has 1 nitrogen and oxygen atoms in total. The smallest absolute Gasteiger partial charge is 0.125 e. The van der Waals surface area contributed by atoms with Crippen molar-refractivity contribution in [3.63, 3.8) is 0 Å². The Labute approximate surface area is 197 Å². The predicted octanol–water partition coefficient (Wildman–Crippen LogP) is 8.85. The third-order valence-electron chi connectivity index (χ3n) is 5.84. The first-order valence-electron chi connectivity index (χ1n) is 10.00. The third kappa shape index (κ3) is 3.65. The van der Waals surface area contributed by atoms with Crippen LogP contribution in [0.25, 0.3) is 32.6 Å². The Kier molecular flexibility index (Phi) is 6.14. The molecule has 0 N–H and O–H groups in total. The molecule has 0 fully saturated rings. The van der Waals surface area contributed by atoms with Crippen LogP contribution < -0.4 is 0 Å². The van der Waals surface area contributed by atoms with Gasteiger partial charge in [0, 0.05) is 20.8 Å². The normalized spacial score (nSPS) is 13.2. The van der Waals surface area contributed by atoms with E-state index in [9.17, 15) is 0 Å². The lowest BCUT2D eigenvalue weighted by molar-refractivity contribution is 0.700. The first-order chi connectivity index (χ1) is 14.0. The fourth-order valence-corrected chi connectivity index (χ4v) is 6.25. The van der Waals surface area contributed by atoms with Gasteiger partial charge in [0.25, 0.3) is 0 Å². The van der Waals surface area contributed by atoms with Gasteiger partial charge in [-0.1, -0.05) is 53.0 Å². The van der Waals surface area contributed by atoms with Crippen LogP contribution in [-0.2, 0) is 12.8 Å². The summed E-state index contributed by atoms with van der Waals surface area (Å²) in [7, 11) is 0. The van der Waals surface area contributed by atoms with Gasteiger partial charge in [-0.3, -0.25) is 0 Å². The van der Waals surface area contributed by atoms with Gasteiger partial charge in [-0.15, -0.1) is 23.7 Å². The van der Waals surface area contributed by atoms with Gasteiger partial charge in [0.2, 0.25) is 0 Å². The van der Waals surface area contributed by atoms with Crippen LogP contribution in [0, 0.1) is 13.8 Å². The van der Waals surface area contributed by atoms with E-state index in [2.05, 4.69) is 38.1 Å². The van der Waals surface area contributed by atoms with Crippen LogP contribution in [0.5, 0.6) is 0 Å². The Morgan fingerprint density at radius 2 is 1.77 bits per heavy atom. The second-order valence-electron chi connectivity index (χ2n) is 7.85. The summed E-state index contributed by atoms with van der Waals surface area (Å²) in [6.45, 7) is 4.33. The van der Waals surface area contributed by atoms with E-state index in [0.29, 0.717) is 10.0 Å². The molecule has 0 atom stereocenters. The summed E-state index contributed by atoms with van der Waals surface area (Å²) in [5, 5.41) is 2.63. The minimum absolute atomic E-state index is 0. The van der Waals surface area contributed by atoms with Gasteiger partial charge in [-0.05, 0) is 80.0 Å². The van der Waals surface area contributed by atoms with Gasteiger partial charge >= 0.3 is 0 Å². The van der Waals surface area contributed by atoms with Crippen LogP contribution in [0.2, 0.25) is 10.0 Å². The number of thiophene rings is 1. The molecule has 4 aromatic rings. The lowest BCUT2D eigenvalue weighted by atomic mass is 9.89. The second-order valence-corrected chi connectivity index (χ2v) is 9.77. The number of rotatable bonds is 2. The molecular formula is C25H22Cl3NS. The lowest BCUT2D eigenvalue weighted by Crippen LogP contribution is -2.00. The van der Waals surface area contributed by atoms with Crippen molar-refractivity contribution in [2.75, 3.05) is 0 Å². The Morgan fingerprint density at radius 1 is 0.967 bits per heavy atom. The molecule has 5 rings (SSSR count). The first-order valence-corrected chi connectivity index (χ1v) is 11.6. The fourth-order valence-electron chi connectivity index (χ4n) is 4.48. The van der Waals surface area contributed by atoms with Crippen molar-refractivity contribution in [3.8, 4) is 22.4 Å². The predicted molar refractivity (Wildman–Crippen MR) is 134 cm³/mol. The minimum Gasteiger partial charge on any atom is -0.237 e. The maximum atomic E-state index is 6.59. The first kappa shape index (κ1) is 21.6. The molecule has 1 aliphatic rings. The summed E-state index contributed by atoms with van der Waals surface area (Å²) in [5.74, 6) is 0. The van der Waals surface area contributed by atoms with Gasteiger partial charge in [0.15, 0.2) is 0 Å². The Bertz CT molecular complexity index is 1260. The van der Waals surface area contributed by atoms with Gasteiger partial charge in [0.1, 0.15) is 4.83 Å². The Hall–Kier alpha value is -1.58. The summed E-state index contributed by atoms with van der Waals surface area (Å²) in [4.78, 5) is 7.77. The standard InChI is InChI=1S/C25H21Cl2NS.ClH/c1-14-6-5-7-16(12-14)22-15(2)24(18-11-10-17(26)13-20(18)27)28-25-23(22)19-8-3-4-9-21(19)29-25;/h5-7,10-13H,3-4,8-9H2,1-2H3;1H. The molecule has 0 spiro atoms. The molecule has 2 aromatic carbocycles. The molecule has 0 saturated heterocycles. The largest absolute Gasteiger partial charge is 0.237 e. The molecular weight excluding hydrogens is 453 g/mol. The Balaban J connectivity index is 0.00000218. The highest BCUT2D eigenvalue weighted by molar-refractivity contribution is 7.19. The van der Waals surface area contributed by atoms with Crippen molar-refractivity contribution >= 4 is 57.2 Å². The van der Waals surface area contributed by atoms with E-state index in [4.69, 9.17) is 28.2 Å². The molecule has 0 amide bonds. The number of nitrogens with zero attached hydrogens (tertiary/aromatic N) is 1. The summed E-state index contributed by atoms with van der Waals surface area (Å²) in [5.41, 5.74) is 8.41. The molecule has 5 heteroatoms. The number of pyridine rings is 1. The van der Waals surface area contributed by atoms with Crippen LogP contribution >= 0.6 is 46.9 Å². The van der Waals surface area contributed by atoms with Crippen LogP contribution in [0.1, 0.15) is 34.4 Å². The summed E-state index contributed by atoms with van der Waals surface area (Å²) in [6, 6.07) is 14.5. The molecule has 0 saturated carbocycles. The summed E-state index contributed by atoms with van der Waals surface area (Å²) >= 11 is 14.6. The zero-order chi connectivity index (χ0) is 20.1. The van der Waals surface area contributed by atoms with Crippen molar-refractivity contribution in [2.24, 2.45) is 0 Å². The molecule has 2 aromatic heterocycles. The third-order valence-corrected chi connectivity index (χ3v) is 7.57. The zero-order valence-corrected chi connectivity index (χ0v) is 20.0. The second kappa shape index (κ2) is 8.51. The van der Waals surface area contributed by atoms with Crippen molar-refractivity contribution in [1.29, 1.82) is 0 Å². The molecule has 0 unspecified atom stereocenters. The number of fused-ring (bicyclic) bond motifs is 3. The summed E-state index contributed by atoms with van der Waals surface area (Å²) in [6.07, 6.45) is 4.85. The number of aromatic nitrogens is 1. The molecule has 0 radical (unpaired) electrons. The highest BCUT2D eigenvalue weighted by Gasteiger charge is 2.24. The van der Waals surface area contributed by atoms with Crippen molar-refractivity contribution < 1.29 is 0 Å². The highest BCUT2D eigenvalue weighted by Crippen LogP contribution is 2.45. The van der Waals surface area contributed by atoms with E-state index in [1.807, 2.05) is 23.5 Å². The van der Waals surface area contributed by atoms with Crippen molar-refractivity contribution in [2.45, 2.75) is 39.5 Å². The van der Waals surface area contributed by atoms with Crippen molar-refractivity contribution in [1.82, 2.24) is 4.98 Å². The molecule has 0 bridgehead atoms. The minimum atomic E-state index is 0. The lowest BCUT2D eigenvalue weighted by Gasteiger charge is -2.17. The zero-order valence-electron chi connectivity index (χ0n) is 16.9. The average Bonchev–Trinajstić information content (AvgIpc) is 3.06. The molecule has 0 aliphatic heterocycles. The average molecular weight is 475 g/mol. The Morgan fingerprint density at radius 3 is 2.53 bits per heavy atom. The van der Waals surface area contributed by atoms with Crippen molar-refractivity contribution in [3.05, 3.63) is 74.1 Å². The summed E-state index contributed by atoms with van der Waals surface area (Å²) < 4.78 is 0. The molecule has 30 heavy (non-hydrogen) atoms. The van der Waals surface area contributed by atoms with Gasteiger partial charge in [-0.25, -0.2) is 4.98 Å². The van der Waals surface area contributed by atoms with Crippen LogP contribution in [0.15, 0.2) is 42.5 Å². The van der Waals surface area contributed by atoms with Gasteiger partial charge < -0.3 is 0 Å². The molecule has 154 valence electrons. The maximum absolute atomic E-state index is 6.59. The van der Waals surface area contributed by atoms with E-state index >= 15 is 0 Å². The monoisotopic (exact) mass is 473 g/mol. The van der Waals surface area contributed by atoms with E-state index in [1.165, 1.54) is 57.3 Å². The quantitative estimate of drug-likeness (QED) is 0.283. The van der Waals surface area contributed by atoms with Crippen LogP contribution in [-0.4, -0.2) is 4.98 Å². The van der Waals surface area contributed by atoms with Gasteiger partial charge in [-0.2, -0.15) is 0 Å². The number of aryl methyl sites for hydroxylation is 3. The molecule has 2 heterocycles. The number of hydrogen-bond acceptors (Lipinski definition) is 2. The SMILES string of the molecule is Cc1cccc(-c2c(C)c(-c3ccc(Cl)cc3Cl)nc3sc4c(c23)CCCC4)c1.Cl. The fraction of sp³-hybridized carbons (Fsp3) is 0.240. The number of halogens is 3. The van der Waals surface area contributed by atoms with E-state index < -0.39 is 0 Å². The van der Waals surface area contributed by atoms with Crippen LogP contribution in [0.3, 0.4) is 0 Å². The van der Waals surface area contributed by atoms with E-state index in [0.717, 1.165) is 22.5 Å². The maximum Gasteiger partial charge on any atom is 0.125 e. The number of hydrogen-bond donors (Lipinski definition) is 0. The van der Waals surface area contributed by atoms with E-state index in [-0.39, 0.29) is 12.4 Å². The van der Waals surface area contributed by atoms with Crippen LogP contribution in [0.4, 0.5) is 0 Å². The van der Waals surface area contributed by atoms with E-state index in [1.54, 1.807) is 6.07 Å². The number of benzene rings is 2. The van der Waals surface area contributed by atoms with Gasteiger partial charge in [0.05, 0.1) is 10.7 Å². The topological polar surface area (TPSA) is 12.9 Å². The highest BCUT2D eigenvalue weighted by atomic mass is 35.5.